The molecule has 0 aliphatic rings. The van der Waals surface area contributed by atoms with E-state index in [9.17, 15) is 4.79 Å². The smallest absolute Gasteiger partial charge is 0.197 e. The highest BCUT2D eigenvalue weighted by molar-refractivity contribution is 7.98. The van der Waals surface area contributed by atoms with Crippen molar-refractivity contribution in [2.24, 2.45) is 5.11 Å². The quantitative estimate of drug-likeness (QED) is 0.153. The van der Waals surface area contributed by atoms with Crippen LogP contribution < -0.4 is 4.74 Å². The van der Waals surface area contributed by atoms with Gasteiger partial charge in [0.25, 0.3) is 0 Å². The van der Waals surface area contributed by atoms with E-state index in [2.05, 4.69) is 27.6 Å². The zero-order chi connectivity index (χ0) is 16.9. The van der Waals surface area contributed by atoms with Crippen molar-refractivity contribution in [1.29, 1.82) is 0 Å². The molecule has 126 valence electrons. The summed E-state index contributed by atoms with van der Waals surface area (Å²) in [4.78, 5) is 17.7. The molecule has 0 aliphatic heterocycles. The molecule has 0 aromatic carbocycles. The van der Waals surface area contributed by atoms with E-state index in [0.29, 0.717) is 19.8 Å². The highest BCUT2D eigenvalue weighted by Gasteiger charge is 2.12. The van der Waals surface area contributed by atoms with Gasteiger partial charge in [0.15, 0.2) is 5.12 Å². The Kier molecular flexibility index (Phi) is 10.3. The van der Waals surface area contributed by atoms with E-state index in [0.717, 1.165) is 10.8 Å². The van der Waals surface area contributed by atoms with Crippen LogP contribution in [0, 0.1) is 0 Å². The molecule has 1 heterocycles. The van der Waals surface area contributed by atoms with E-state index >= 15 is 0 Å². The minimum atomic E-state index is -0.913. The fourth-order valence-electron chi connectivity index (χ4n) is 1.44. The third-order valence-electron chi connectivity index (χ3n) is 2.54. The molecular formula is C13H18N4O4S2. The number of aromatic nitrogens is 1. The average molecular weight is 358 g/mol. The van der Waals surface area contributed by atoms with E-state index in [1.165, 1.54) is 0 Å². The summed E-state index contributed by atoms with van der Waals surface area (Å²) in [6.45, 7) is 1.44. The lowest BCUT2D eigenvalue weighted by Crippen LogP contribution is -2.21. The number of ether oxygens (including phenoxy) is 3. The molecule has 8 nitrogen and oxygen atoms in total. The molecule has 1 aromatic rings. The molecule has 0 N–H and O–H groups in total. The molecule has 1 aromatic heterocycles. The zero-order valence-corrected chi connectivity index (χ0v) is 14.3. The average Bonchev–Trinajstić information content (AvgIpc) is 2.56. The first-order chi connectivity index (χ1) is 11.2. The summed E-state index contributed by atoms with van der Waals surface area (Å²) in [6, 6.07) is 2.73. The van der Waals surface area contributed by atoms with Gasteiger partial charge in [0, 0.05) is 17.2 Å². The van der Waals surface area contributed by atoms with Crippen LogP contribution in [0.15, 0.2) is 28.5 Å². The fraction of sp³-hybridized carbons (Fsp3) is 0.538. The highest BCUT2D eigenvalue weighted by Crippen LogP contribution is 2.17. The van der Waals surface area contributed by atoms with Crippen molar-refractivity contribution < 1.29 is 19.0 Å². The third kappa shape index (κ3) is 8.68. The molecule has 1 atom stereocenters. The molecule has 0 aliphatic carbocycles. The number of carbonyl (C=O) groups excluding carboxylic acids is 1. The lowest BCUT2D eigenvalue weighted by atomic mass is 10.4. The number of hydrogen-bond donors (Lipinski definition) is 1. The van der Waals surface area contributed by atoms with E-state index in [1.54, 1.807) is 24.0 Å². The molecule has 0 radical (unpaired) electrons. The van der Waals surface area contributed by atoms with Gasteiger partial charge in [-0.2, -0.15) is 0 Å². The summed E-state index contributed by atoms with van der Waals surface area (Å²) < 4.78 is 16.1. The summed E-state index contributed by atoms with van der Waals surface area (Å²) in [5.74, 6) is 0.744. The molecule has 0 spiro atoms. The van der Waals surface area contributed by atoms with Crippen molar-refractivity contribution in [2.75, 3.05) is 39.3 Å². The van der Waals surface area contributed by atoms with Crippen molar-refractivity contribution in [3.8, 4) is 5.75 Å². The van der Waals surface area contributed by atoms with Gasteiger partial charge < -0.3 is 14.2 Å². The second-order valence-electron chi connectivity index (χ2n) is 4.13. The topological polar surface area (TPSA) is 106 Å². The standard InChI is InChI=1S/C13H18N4O4S2/c1-23-12-8-10(2-3-15-12)21-7-6-19-4-5-20-9-11(13(18)22)16-17-14/h2-3,8,11H,4-7,9H2,1H3,(H,18,22). The van der Waals surface area contributed by atoms with Gasteiger partial charge in [0.1, 0.15) is 18.4 Å². The Bertz CT molecular complexity index is 538. The SMILES string of the molecule is CSc1cc(OCCOCCOCC(N=[N+]=[N-])C(=O)S)ccn1. The first kappa shape index (κ1) is 19.6. The molecule has 1 rings (SSSR count). The third-order valence-corrected chi connectivity index (χ3v) is 3.48. The minimum absolute atomic E-state index is 0.0132. The number of hydrogen-bond acceptors (Lipinski definition) is 7. The van der Waals surface area contributed by atoms with Gasteiger partial charge >= 0.3 is 0 Å². The first-order valence-corrected chi connectivity index (χ1v) is 8.40. The molecule has 0 saturated heterocycles. The molecule has 0 saturated carbocycles. The van der Waals surface area contributed by atoms with Gasteiger partial charge in [-0.25, -0.2) is 4.98 Å². The Morgan fingerprint density at radius 1 is 1.43 bits per heavy atom. The molecule has 23 heavy (non-hydrogen) atoms. The van der Waals surface area contributed by atoms with E-state index < -0.39 is 11.2 Å². The van der Waals surface area contributed by atoms with Gasteiger partial charge in [-0.15, -0.1) is 24.4 Å². The lowest BCUT2D eigenvalue weighted by molar-refractivity contribution is -0.113. The summed E-state index contributed by atoms with van der Waals surface area (Å²) in [5, 5.41) is 3.65. The van der Waals surface area contributed by atoms with Crippen LogP contribution in [-0.2, 0) is 14.3 Å². The first-order valence-electron chi connectivity index (χ1n) is 6.72. The van der Waals surface area contributed by atoms with E-state index in [1.807, 2.05) is 12.3 Å². The van der Waals surface area contributed by atoms with Gasteiger partial charge in [0.2, 0.25) is 0 Å². The molecule has 0 amide bonds. The van der Waals surface area contributed by atoms with Crippen molar-refractivity contribution in [1.82, 2.24) is 4.98 Å². The Labute approximate surface area is 143 Å². The van der Waals surface area contributed by atoms with Crippen molar-refractivity contribution >= 4 is 29.5 Å². The van der Waals surface area contributed by atoms with Gasteiger partial charge in [-0.05, 0) is 17.9 Å². The largest absolute Gasteiger partial charge is 0.491 e. The Morgan fingerprint density at radius 3 is 2.87 bits per heavy atom. The molecular weight excluding hydrogens is 340 g/mol. The summed E-state index contributed by atoms with van der Waals surface area (Å²) in [5.41, 5.74) is 8.29. The summed E-state index contributed by atoms with van der Waals surface area (Å²) in [7, 11) is 0. The monoisotopic (exact) mass is 358 g/mol. The Balaban J connectivity index is 2.07. The van der Waals surface area contributed by atoms with Crippen molar-refractivity contribution in [3.05, 3.63) is 28.8 Å². The number of thiol groups is 1. The van der Waals surface area contributed by atoms with Crippen LogP contribution in [0.3, 0.4) is 0 Å². The molecule has 0 fully saturated rings. The van der Waals surface area contributed by atoms with E-state index in [-0.39, 0.29) is 13.2 Å². The summed E-state index contributed by atoms with van der Waals surface area (Å²) >= 11 is 5.15. The Hall–Kier alpha value is -1.45. The summed E-state index contributed by atoms with van der Waals surface area (Å²) in [6.07, 6.45) is 3.64. The van der Waals surface area contributed by atoms with E-state index in [4.69, 9.17) is 19.7 Å². The van der Waals surface area contributed by atoms with Crippen LogP contribution in [0.2, 0.25) is 0 Å². The fourth-order valence-corrected chi connectivity index (χ4v) is 1.97. The predicted octanol–water partition coefficient (Wildman–Crippen LogP) is 2.35. The number of thioether (sulfide) groups is 1. The van der Waals surface area contributed by atoms with Crippen LogP contribution in [0.5, 0.6) is 5.75 Å². The molecule has 0 bridgehead atoms. The second kappa shape index (κ2) is 12.0. The second-order valence-corrected chi connectivity index (χ2v) is 5.40. The lowest BCUT2D eigenvalue weighted by Gasteiger charge is -2.09. The maximum atomic E-state index is 11.0. The van der Waals surface area contributed by atoms with Crippen molar-refractivity contribution in [3.63, 3.8) is 0 Å². The van der Waals surface area contributed by atoms with Crippen LogP contribution >= 0.6 is 24.4 Å². The number of rotatable bonds is 12. The van der Waals surface area contributed by atoms with Gasteiger partial charge in [-0.1, -0.05) is 5.11 Å². The van der Waals surface area contributed by atoms with Crippen LogP contribution in [0.25, 0.3) is 10.4 Å². The normalized spacial score (nSPS) is 11.6. The number of pyridine rings is 1. The Morgan fingerprint density at radius 2 is 2.17 bits per heavy atom. The predicted molar refractivity (Wildman–Crippen MR) is 90.1 cm³/mol. The van der Waals surface area contributed by atoms with Gasteiger partial charge in [0.05, 0.1) is 31.5 Å². The minimum Gasteiger partial charge on any atom is -0.491 e. The molecule has 1 unspecified atom stereocenters. The zero-order valence-electron chi connectivity index (χ0n) is 12.6. The maximum absolute atomic E-state index is 11.0. The number of azide groups is 1. The molecule has 10 heteroatoms. The van der Waals surface area contributed by atoms with Crippen LogP contribution in [0.4, 0.5) is 0 Å². The van der Waals surface area contributed by atoms with Crippen LogP contribution in [-0.4, -0.2) is 55.4 Å². The van der Waals surface area contributed by atoms with Crippen LogP contribution in [0.1, 0.15) is 0 Å². The number of carbonyl (C=O) groups is 1. The highest BCUT2D eigenvalue weighted by atomic mass is 32.2. The number of nitrogens with zero attached hydrogens (tertiary/aromatic N) is 4. The maximum Gasteiger partial charge on any atom is 0.197 e. The van der Waals surface area contributed by atoms with Crippen molar-refractivity contribution in [2.45, 2.75) is 11.1 Å². The van der Waals surface area contributed by atoms with Gasteiger partial charge in [-0.3, -0.25) is 4.79 Å².